The van der Waals surface area contributed by atoms with Crippen LogP contribution >= 0.6 is 0 Å². The average Bonchev–Trinajstić information content (AvgIpc) is 2.47. The van der Waals surface area contributed by atoms with Gasteiger partial charge >= 0.3 is 0 Å². The molecule has 0 aromatic rings. The number of allylic oxidation sites excluding steroid dienone is 2. The number of carbonyl (C=O) groups excluding carboxylic acids is 1. The molecule has 2 nitrogen and oxygen atoms in total. The molecule has 0 aliphatic heterocycles. The van der Waals surface area contributed by atoms with E-state index in [2.05, 4.69) is 34.6 Å². The Bertz CT molecular complexity index is 390. The Balaban J connectivity index is 2.98. The molecule has 0 aromatic carbocycles. The highest BCUT2D eigenvalue weighted by Crippen LogP contribution is 2.42. The largest absolute Gasteiger partial charge is 0.500 e. The van der Waals surface area contributed by atoms with Crippen molar-refractivity contribution in [2.24, 2.45) is 16.7 Å². The van der Waals surface area contributed by atoms with Crippen molar-refractivity contribution in [2.75, 3.05) is 7.11 Å². The number of rotatable bonds is 6. The van der Waals surface area contributed by atoms with Gasteiger partial charge in [0.1, 0.15) is 5.76 Å². The van der Waals surface area contributed by atoms with E-state index < -0.39 is 0 Å². The average molecular weight is 294 g/mol. The van der Waals surface area contributed by atoms with Crippen LogP contribution in [0, 0.1) is 16.7 Å². The van der Waals surface area contributed by atoms with Crippen LogP contribution in [0.4, 0.5) is 0 Å². The van der Waals surface area contributed by atoms with E-state index in [0.29, 0.717) is 11.3 Å². The molecule has 0 radical (unpaired) electrons. The van der Waals surface area contributed by atoms with Crippen molar-refractivity contribution >= 4 is 5.78 Å². The fourth-order valence-electron chi connectivity index (χ4n) is 3.42. The molecule has 0 aromatic heterocycles. The van der Waals surface area contributed by atoms with E-state index in [4.69, 9.17) is 4.74 Å². The summed E-state index contributed by atoms with van der Waals surface area (Å²) in [5.41, 5.74) is 1.05. The molecule has 1 aliphatic rings. The van der Waals surface area contributed by atoms with Crippen molar-refractivity contribution in [2.45, 2.75) is 80.1 Å². The van der Waals surface area contributed by atoms with Gasteiger partial charge in [0.25, 0.3) is 0 Å². The summed E-state index contributed by atoms with van der Waals surface area (Å²) in [6, 6.07) is 0. The van der Waals surface area contributed by atoms with Crippen molar-refractivity contribution in [3.63, 3.8) is 0 Å². The summed E-state index contributed by atoms with van der Waals surface area (Å²) in [6.07, 6.45) is 6.46. The Labute approximate surface area is 131 Å². The van der Waals surface area contributed by atoms with Crippen molar-refractivity contribution < 1.29 is 9.53 Å². The quantitative estimate of drug-likeness (QED) is 0.476. The van der Waals surface area contributed by atoms with Crippen LogP contribution in [-0.4, -0.2) is 12.9 Å². The maximum atomic E-state index is 12.9. The molecule has 0 amide bonds. The molecule has 0 bridgehead atoms. The summed E-state index contributed by atoms with van der Waals surface area (Å²) < 4.78 is 5.68. The van der Waals surface area contributed by atoms with Crippen LogP contribution < -0.4 is 0 Å². The Morgan fingerprint density at radius 2 is 1.67 bits per heavy atom. The first-order chi connectivity index (χ1) is 9.70. The van der Waals surface area contributed by atoms with Crippen LogP contribution in [0.15, 0.2) is 11.3 Å². The molecule has 1 aliphatic carbocycles. The van der Waals surface area contributed by atoms with Crippen LogP contribution in [0.25, 0.3) is 0 Å². The lowest BCUT2D eigenvalue weighted by Crippen LogP contribution is -2.30. The van der Waals surface area contributed by atoms with Gasteiger partial charge in [0.15, 0.2) is 5.78 Å². The van der Waals surface area contributed by atoms with Crippen molar-refractivity contribution in [1.29, 1.82) is 0 Å². The maximum absolute atomic E-state index is 12.9. The predicted molar refractivity (Wildman–Crippen MR) is 89.1 cm³/mol. The normalized spacial score (nSPS) is 20.9. The standard InChI is InChI=1S/C19H34O2/c1-8-19(6,9-2)17(20)14(3)16(21-7)15-10-12-18(4,5)13-11-15/h15H,8-13H2,1-7H3/b16-14-. The molecule has 1 fully saturated rings. The second kappa shape index (κ2) is 6.98. The fourth-order valence-corrected chi connectivity index (χ4v) is 3.42. The van der Waals surface area contributed by atoms with E-state index in [-0.39, 0.29) is 11.2 Å². The third-order valence-corrected chi connectivity index (χ3v) is 5.75. The van der Waals surface area contributed by atoms with Crippen LogP contribution in [0.5, 0.6) is 0 Å². The van der Waals surface area contributed by atoms with E-state index in [9.17, 15) is 4.79 Å². The minimum Gasteiger partial charge on any atom is -0.500 e. The van der Waals surface area contributed by atoms with E-state index in [1.165, 1.54) is 12.8 Å². The smallest absolute Gasteiger partial charge is 0.167 e. The molecular weight excluding hydrogens is 260 g/mol. The van der Waals surface area contributed by atoms with Gasteiger partial charge in [-0.15, -0.1) is 0 Å². The number of ether oxygens (including phenoxy) is 1. The zero-order chi connectivity index (χ0) is 16.3. The highest BCUT2D eigenvalue weighted by molar-refractivity contribution is 5.99. The molecule has 0 atom stereocenters. The molecule has 0 heterocycles. The van der Waals surface area contributed by atoms with Gasteiger partial charge in [-0.2, -0.15) is 0 Å². The molecule has 0 N–H and O–H groups in total. The minimum atomic E-state index is -0.248. The third-order valence-electron chi connectivity index (χ3n) is 5.75. The highest BCUT2D eigenvalue weighted by Gasteiger charge is 2.35. The summed E-state index contributed by atoms with van der Waals surface area (Å²) in [7, 11) is 1.72. The number of methoxy groups -OCH3 is 1. The molecule has 21 heavy (non-hydrogen) atoms. The van der Waals surface area contributed by atoms with Crippen LogP contribution in [-0.2, 0) is 9.53 Å². The summed E-state index contributed by atoms with van der Waals surface area (Å²) in [6.45, 7) is 12.9. The number of Topliss-reactive ketones (excluding diaryl/α,β-unsaturated/α-hetero) is 1. The first-order valence-electron chi connectivity index (χ1n) is 8.50. The SMILES string of the molecule is CCC(C)(CC)C(=O)/C(C)=C(\OC)C1CCC(C)(C)CC1. The lowest BCUT2D eigenvalue weighted by molar-refractivity contribution is -0.124. The van der Waals surface area contributed by atoms with E-state index in [1.54, 1.807) is 7.11 Å². The van der Waals surface area contributed by atoms with E-state index in [1.807, 2.05) is 6.92 Å². The maximum Gasteiger partial charge on any atom is 0.167 e. The van der Waals surface area contributed by atoms with Crippen molar-refractivity contribution in [1.82, 2.24) is 0 Å². The Hall–Kier alpha value is -0.790. The monoisotopic (exact) mass is 294 g/mol. The van der Waals surface area contributed by atoms with Gasteiger partial charge in [-0.25, -0.2) is 0 Å². The summed E-state index contributed by atoms with van der Waals surface area (Å²) in [5, 5.41) is 0. The summed E-state index contributed by atoms with van der Waals surface area (Å²) >= 11 is 0. The number of hydrogen-bond acceptors (Lipinski definition) is 2. The van der Waals surface area contributed by atoms with Gasteiger partial charge in [-0.05, 0) is 50.9 Å². The Morgan fingerprint density at radius 1 is 1.19 bits per heavy atom. The van der Waals surface area contributed by atoms with Gasteiger partial charge in [-0.3, -0.25) is 4.79 Å². The molecular formula is C19H34O2. The second-order valence-corrected chi connectivity index (χ2v) is 7.73. The molecule has 0 unspecified atom stereocenters. The predicted octanol–water partition coefficient (Wildman–Crippen LogP) is 5.52. The van der Waals surface area contributed by atoms with Crippen LogP contribution in [0.2, 0.25) is 0 Å². The number of carbonyl (C=O) groups is 1. The van der Waals surface area contributed by atoms with Gasteiger partial charge in [0.05, 0.1) is 7.11 Å². The van der Waals surface area contributed by atoms with Gasteiger partial charge in [-0.1, -0.05) is 34.6 Å². The summed E-state index contributed by atoms with van der Waals surface area (Å²) in [5.74, 6) is 1.64. The number of hydrogen-bond donors (Lipinski definition) is 0. The highest BCUT2D eigenvalue weighted by atomic mass is 16.5. The fraction of sp³-hybridized carbons (Fsp3) is 0.842. The first kappa shape index (κ1) is 18.3. The topological polar surface area (TPSA) is 26.3 Å². The third kappa shape index (κ3) is 4.11. The molecule has 2 heteroatoms. The molecule has 0 saturated heterocycles. The first-order valence-corrected chi connectivity index (χ1v) is 8.50. The lowest BCUT2D eigenvalue weighted by Gasteiger charge is -2.36. The van der Waals surface area contributed by atoms with E-state index in [0.717, 1.165) is 37.0 Å². The second-order valence-electron chi connectivity index (χ2n) is 7.73. The number of ketones is 1. The Kier molecular flexibility index (Phi) is 6.07. The molecule has 1 saturated carbocycles. The van der Waals surface area contributed by atoms with Crippen molar-refractivity contribution in [3.05, 3.63) is 11.3 Å². The molecule has 0 spiro atoms. The van der Waals surface area contributed by atoms with E-state index >= 15 is 0 Å². The van der Waals surface area contributed by atoms with Crippen LogP contribution in [0.1, 0.15) is 80.1 Å². The van der Waals surface area contributed by atoms with Gasteiger partial charge < -0.3 is 4.74 Å². The summed E-state index contributed by atoms with van der Waals surface area (Å²) in [4.78, 5) is 12.9. The van der Waals surface area contributed by atoms with Gasteiger partial charge in [0, 0.05) is 16.9 Å². The minimum absolute atomic E-state index is 0.248. The van der Waals surface area contributed by atoms with Crippen LogP contribution in [0.3, 0.4) is 0 Å². The lowest BCUT2D eigenvalue weighted by atomic mass is 9.71. The zero-order valence-corrected chi connectivity index (χ0v) is 15.1. The Morgan fingerprint density at radius 3 is 2.05 bits per heavy atom. The van der Waals surface area contributed by atoms with Gasteiger partial charge in [0.2, 0.25) is 0 Å². The molecule has 122 valence electrons. The zero-order valence-electron chi connectivity index (χ0n) is 15.1. The molecule has 1 rings (SSSR count). The van der Waals surface area contributed by atoms with Crippen molar-refractivity contribution in [3.8, 4) is 0 Å².